The van der Waals surface area contributed by atoms with Crippen LogP contribution in [-0.4, -0.2) is 15.0 Å². The van der Waals surface area contributed by atoms with Gasteiger partial charge in [-0.3, -0.25) is 0 Å². The van der Waals surface area contributed by atoms with Gasteiger partial charge >= 0.3 is 0 Å². The van der Waals surface area contributed by atoms with E-state index in [4.69, 9.17) is 17.3 Å². The number of hydrogen-bond acceptors (Lipinski definition) is 5. The van der Waals surface area contributed by atoms with Gasteiger partial charge in [0.05, 0.1) is 5.02 Å². The van der Waals surface area contributed by atoms with Crippen molar-refractivity contribution in [1.82, 2.24) is 15.0 Å². The number of nitrogens with zero attached hydrogens (tertiary/aromatic N) is 3. The van der Waals surface area contributed by atoms with Crippen LogP contribution in [0, 0.1) is 6.92 Å². The topological polar surface area (TPSA) is 64.7 Å². The van der Waals surface area contributed by atoms with Crippen LogP contribution in [0.4, 0.5) is 5.95 Å². The van der Waals surface area contributed by atoms with Crippen LogP contribution in [0.1, 0.15) is 5.56 Å². The van der Waals surface area contributed by atoms with E-state index < -0.39 is 0 Å². The third-order valence-corrected chi connectivity index (χ3v) is 3.13. The molecule has 0 saturated heterocycles. The molecule has 2 aromatic heterocycles. The second-order valence-corrected chi connectivity index (χ2v) is 4.58. The molecule has 0 atom stereocenters. The van der Waals surface area contributed by atoms with Gasteiger partial charge in [-0.15, -0.1) is 0 Å². The Bertz CT molecular complexity index is 501. The first-order chi connectivity index (χ1) is 7.65. The average molecular weight is 253 g/mol. The summed E-state index contributed by atoms with van der Waals surface area (Å²) in [6.45, 7) is 1.93. The molecule has 0 aliphatic carbocycles. The van der Waals surface area contributed by atoms with Crippen molar-refractivity contribution in [3.05, 3.63) is 35.1 Å². The minimum absolute atomic E-state index is 0.266. The lowest BCUT2D eigenvalue weighted by molar-refractivity contribution is 1.01. The average Bonchev–Trinajstić information content (AvgIpc) is 2.27. The fourth-order valence-electron chi connectivity index (χ4n) is 1.06. The van der Waals surface area contributed by atoms with Gasteiger partial charge < -0.3 is 5.73 Å². The molecule has 2 aromatic rings. The van der Waals surface area contributed by atoms with Crippen LogP contribution in [-0.2, 0) is 0 Å². The molecule has 0 aliphatic heterocycles. The molecule has 6 heteroatoms. The zero-order valence-corrected chi connectivity index (χ0v) is 10.1. The summed E-state index contributed by atoms with van der Waals surface area (Å²) in [7, 11) is 0. The third-order valence-electron chi connectivity index (χ3n) is 1.85. The number of halogens is 1. The summed E-state index contributed by atoms with van der Waals surface area (Å²) >= 11 is 7.19. The van der Waals surface area contributed by atoms with E-state index in [1.54, 1.807) is 18.5 Å². The lowest BCUT2D eigenvalue weighted by Gasteiger charge is -2.03. The Hall–Kier alpha value is -1.33. The van der Waals surface area contributed by atoms with Crippen LogP contribution in [0.3, 0.4) is 0 Å². The number of nitrogens with two attached hydrogens (primary N) is 1. The Morgan fingerprint density at radius 1 is 1.25 bits per heavy atom. The van der Waals surface area contributed by atoms with Crippen LogP contribution in [0.25, 0.3) is 0 Å². The van der Waals surface area contributed by atoms with Gasteiger partial charge in [-0.1, -0.05) is 11.6 Å². The zero-order valence-electron chi connectivity index (χ0n) is 8.51. The van der Waals surface area contributed by atoms with E-state index in [-0.39, 0.29) is 5.95 Å². The molecule has 0 fully saturated rings. The molecular weight excluding hydrogens is 244 g/mol. The van der Waals surface area contributed by atoms with Gasteiger partial charge in [-0.05, 0) is 30.8 Å². The largest absolute Gasteiger partial charge is 0.368 e. The maximum atomic E-state index is 5.75. The fraction of sp³-hybridized carbons (Fsp3) is 0.100. The molecule has 0 saturated carbocycles. The molecule has 0 aliphatic rings. The van der Waals surface area contributed by atoms with Gasteiger partial charge in [0.2, 0.25) is 5.95 Å². The number of hydrogen-bond donors (Lipinski definition) is 1. The van der Waals surface area contributed by atoms with Crippen molar-refractivity contribution in [2.45, 2.75) is 17.0 Å². The molecule has 82 valence electrons. The molecule has 2 N–H and O–H groups in total. The number of anilines is 1. The summed E-state index contributed by atoms with van der Waals surface area (Å²) in [6, 6.07) is 3.63. The van der Waals surface area contributed by atoms with E-state index >= 15 is 0 Å². The predicted octanol–water partition coefficient (Wildman–Crippen LogP) is 2.57. The molecule has 2 heterocycles. The van der Waals surface area contributed by atoms with Crippen molar-refractivity contribution in [1.29, 1.82) is 0 Å². The van der Waals surface area contributed by atoms with E-state index in [9.17, 15) is 0 Å². The molecule has 0 amide bonds. The van der Waals surface area contributed by atoms with Crippen molar-refractivity contribution < 1.29 is 0 Å². The lowest BCUT2D eigenvalue weighted by Crippen LogP contribution is -1.97. The second kappa shape index (κ2) is 4.67. The Morgan fingerprint density at radius 2 is 2.06 bits per heavy atom. The van der Waals surface area contributed by atoms with Gasteiger partial charge in [0.1, 0.15) is 10.1 Å². The van der Waals surface area contributed by atoms with E-state index in [2.05, 4.69) is 15.0 Å². The van der Waals surface area contributed by atoms with Gasteiger partial charge in [0.25, 0.3) is 0 Å². The molecule has 0 radical (unpaired) electrons. The number of aryl methyl sites for hydroxylation is 1. The van der Waals surface area contributed by atoms with Crippen LogP contribution in [0.2, 0.25) is 5.02 Å². The highest BCUT2D eigenvalue weighted by Gasteiger charge is 2.05. The first kappa shape index (κ1) is 11.2. The van der Waals surface area contributed by atoms with Gasteiger partial charge in [-0.2, -0.15) is 0 Å². The Labute approximate surface area is 102 Å². The fourth-order valence-corrected chi connectivity index (χ4v) is 1.97. The van der Waals surface area contributed by atoms with E-state index in [1.807, 2.05) is 13.0 Å². The van der Waals surface area contributed by atoms with E-state index in [1.165, 1.54) is 11.8 Å². The highest BCUT2D eigenvalue weighted by molar-refractivity contribution is 7.99. The summed E-state index contributed by atoms with van der Waals surface area (Å²) in [5, 5.41) is 2.25. The standard InChI is InChI=1S/C10H9ClN4S/c1-6-4-14-10(12)15-9(6)16-8-3-2-7(11)5-13-8/h2-5H,1H3,(H2,12,14,15). The predicted molar refractivity (Wildman–Crippen MR) is 64.6 cm³/mol. The Kier molecular flexibility index (Phi) is 3.26. The third kappa shape index (κ3) is 2.62. The monoisotopic (exact) mass is 252 g/mol. The van der Waals surface area contributed by atoms with Crippen molar-refractivity contribution in [2.24, 2.45) is 0 Å². The first-order valence-electron chi connectivity index (χ1n) is 4.53. The van der Waals surface area contributed by atoms with Crippen LogP contribution < -0.4 is 5.73 Å². The van der Waals surface area contributed by atoms with Crippen LogP contribution in [0.15, 0.2) is 34.6 Å². The first-order valence-corrected chi connectivity index (χ1v) is 5.73. The number of pyridine rings is 1. The SMILES string of the molecule is Cc1cnc(N)nc1Sc1ccc(Cl)cn1. The second-order valence-electron chi connectivity index (χ2n) is 3.13. The zero-order chi connectivity index (χ0) is 11.5. The van der Waals surface area contributed by atoms with E-state index in [0.29, 0.717) is 5.02 Å². The minimum Gasteiger partial charge on any atom is -0.368 e. The highest BCUT2D eigenvalue weighted by Crippen LogP contribution is 2.27. The minimum atomic E-state index is 0.266. The van der Waals surface area contributed by atoms with Crippen molar-refractivity contribution >= 4 is 29.3 Å². The van der Waals surface area contributed by atoms with Crippen molar-refractivity contribution in [3.8, 4) is 0 Å². The van der Waals surface area contributed by atoms with Gasteiger partial charge in [-0.25, -0.2) is 15.0 Å². The Balaban J connectivity index is 2.26. The molecule has 16 heavy (non-hydrogen) atoms. The summed E-state index contributed by atoms with van der Waals surface area (Å²) in [5.74, 6) is 0.266. The van der Waals surface area contributed by atoms with Crippen LogP contribution in [0.5, 0.6) is 0 Å². The van der Waals surface area contributed by atoms with Crippen molar-refractivity contribution in [3.63, 3.8) is 0 Å². The molecule has 2 rings (SSSR count). The number of rotatable bonds is 2. The normalized spacial score (nSPS) is 10.4. The molecule has 0 bridgehead atoms. The molecular formula is C10H9ClN4S. The van der Waals surface area contributed by atoms with Gasteiger partial charge in [0, 0.05) is 18.0 Å². The number of aromatic nitrogens is 3. The Morgan fingerprint density at radius 3 is 2.75 bits per heavy atom. The summed E-state index contributed by atoms with van der Waals surface area (Å²) < 4.78 is 0. The summed E-state index contributed by atoms with van der Waals surface area (Å²) in [4.78, 5) is 12.2. The highest BCUT2D eigenvalue weighted by atomic mass is 35.5. The number of nitrogen functional groups attached to an aromatic ring is 1. The molecule has 0 unspecified atom stereocenters. The maximum Gasteiger partial charge on any atom is 0.221 e. The quantitative estimate of drug-likeness (QED) is 0.833. The molecule has 0 spiro atoms. The summed E-state index contributed by atoms with van der Waals surface area (Å²) in [5.41, 5.74) is 6.50. The molecule has 0 aromatic carbocycles. The van der Waals surface area contributed by atoms with E-state index in [0.717, 1.165) is 15.6 Å². The lowest BCUT2D eigenvalue weighted by atomic mass is 10.4. The smallest absolute Gasteiger partial charge is 0.221 e. The molecule has 4 nitrogen and oxygen atoms in total. The maximum absolute atomic E-state index is 5.75. The van der Waals surface area contributed by atoms with Crippen molar-refractivity contribution in [2.75, 3.05) is 5.73 Å². The van der Waals surface area contributed by atoms with Gasteiger partial charge in [0.15, 0.2) is 0 Å². The summed E-state index contributed by atoms with van der Waals surface area (Å²) in [6.07, 6.45) is 3.30. The van der Waals surface area contributed by atoms with Crippen LogP contribution >= 0.6 is 23.4 Å².